The maximum Gasteiger partial charge on any atom is 0.0701 e. The number of hydrogen-bond donors (Lipinski definition) is 1. The first kappa shape index (κ1) is 9.76. The van der Waals surface area contributed by atoms with Gasteiger partial charge in [-0.3, -0.25) is 0 Å². The Morgan fingerprint density at radius 1 is 1.54 bits per heavy atom. The molecule has 0 aliphatic carbocycles. The molecule has 0 saturated carbocycles. The number of nitriles is 1. The van der Waals surface area contributed by atoms with E-state index in [1.54, 1.807) is 0 Å². The van der Waals surface area contributed by atoms with Crippen LogP contribution in [0.15, 0.2) is 18.2 Å². The van der Waals surface area contributed by atoms with Crippen LogP contribution in [0.1, 0.15) is 29.5 Å². The van der Waals surface area contributed by atoms with Crippen molar-refractivity contribution in [3.05, 3.63) is 34.9 Å². The first-order chi connectivity index (χ1) is 6.20. The second-order valence-corrected chi connectivity index (χ2v) is 3.14. The molecule has 0 aromatic heterocycles. The lowest BCUT2D eigenvalue weighted by atomic mass is 9.94. The maximum atomic E-state index is 9.01. The quantitative estimate of drug-likeness (QED) is 0.748. The Balaban J connectivity index is 3.17. The largest absolute Gasteiger partial charge is 0.392 e. The number of benzene rings is 1. The summed E-state index contributed by atoms with van der Waals surface area (Å²) in [6.45, 7) is 3.84. The van der Waals surface area contributed by atoms with Gasteiger partial charge in [0, 0.05) is 0 Å². The highest BCUT2D eigenvalue weighted by Crippen LogP contribution is 2.21. The van der Waals surface area contributed by atoms with E-state index in [1.807, 2.05) is 32.0 Å². The molecule has 1 aromatic rings. The maximum absolute atomic E-state index is 9.01. The van der Waals surface area contributed by atoms with E-state index in [4.69, 9.17) is 10.4 Å². The third-order valence-corrected chi connectivity index (χ3v) is 2.32. The van der Waals surface area contributed by atoms with Crippen molar-refractivity contribution in [1.29, 1.82) is 5.26 Å². The van der Waals surface area contributed by atoms with E-state index in [2.05, 4.69) is 6.07 Å². The summed E-state index contributed by atoms with van der Waals surface area (Å²) >= 11 is 0. The van der Waals surface area contributed by atoms with E-state index in [-0.39, 0.29) is 12.5 Å². The highest BCUT2D eigenvalue weighted by atomic mass is 16.3. The van der Waals surface area contributed by atoms with Crippen LogP contribution in [0.3, 0.4) is 0 Å². The van der Waals surface area contributed by atoms with E-state index >= 15 is 0 Å². The van der Waals surface area contributed by atoms with E-state index in [0.29, 0.717) is 0 Å². The Morgan fingerprint density at radius 3 is 2.77 bits per heavy atom. The Kier molecular flexibility index (Phi) is 3.05. The summed E-state index contributed by atoms with van der Waals surface area (Å²) in [6.07, 6.45) is 0. The lowest BCUT2D eigenvalue weighted by Gasteiger charge is -2.10. The molecule has 1 atom stereocenters. The van der Waals surface area contributed by atoms with E-state index < -0.39 is 0 Å². The molecule has 1 unspecified atom stereocenters. The van der Waals surface area contributed by atoms with Gasteiger partial charge < -0.3 is 5.11 Å². The molecule has 0 fully saturated rings. The first-order valence-corrected chi connectivity index (χ1v) is 4.29. The number of aliphatic hydroxyl groups is 1. The van der Waals surface area contributed by atoms with Crippen LogP contribution in [0, 0.1) is 18.3 Å². The highest BCUT2D eigenvalue weighted by molar-refractivity contribution is 5.37. The van der Waals surface area contributed by atoms with Gasteiger partial charge in [0.15, 0.2) is 0 Å². The van der Waals surface area contributed by atoms with Crippen LogP contribution in [0.25, 0.3) is 0 Å². The van der Waals surface area contributed by atoms with Gasteiger partial charge in [0.1, 0.15) is 0 Å². The van der Waals surface area contributed by atoms with Crippen molar-refractivity contribution in [2.45, 2.75) is 26.4 Å². The minimum Gasteiger partial charge on any atom is -0.392 e. The third-order valence-electron chi connectivity index (χ3n) is 2.32. The molecule has 0 bridgehead atoms. The van der Waals surface area contributed by atoms with E-state index in [1.165, 1.54) is 0 Å². The monoisotopic (exact) mass is 175 g/mol. The molecule has 0 aliphatic rings. The average Bonchev–Trinajstić information content (AvgIpc) is 2.17. The molecule has 1 rings (SSSR count). The Hall–Kier alpha value is -1.33. The fraction of sp³-hybridized carbons (Fsp3) is 0.364. The zero-order valence-electron chi connectivity index (χ0n) is 7.91. The van der Waals surface area contributed by atoms with Gasteiger partial charge in [-0.1, -0.05) is 18.2 Å². The summed E-state index contributed by atoms with van der Waals surface area (Å²) in [6, 6.07) is 7.88. The molecule has 2 heteroatoms. The Bertz CT molecular complexity index is 338. The van der Waals surface area contributed by atoms with Gasteiger partial charge in [-0.05, 0) is 30.5 Å². The summed E-state index contributed by atoms with van der Waals surface area (Å²) in [4.78, 5) is 0. The molecular formula is C11H13NO. The number of rotatable bonds is 2. The van der Waals surface area contributed by atoms with Crippen LogP contribution in [0.4, 0.5) is 0 Å². The summed E-state index contributed by atoms with van der Waals surface area (Å²) < 4.78 is 0. The standard InChI is InChI=1S/C11H13NO/c1-8(6-12)11-5-3-4-10(7-13)9(11)2/h3-5,8,13H,7H2,1-2H3. The predicted octanol–water partition coefficient (Wildman–Crippen LogP) is 2.11. The van der Waals surface area contributed by atoms with Gasteiger partial charge >= 0.3 is 0 Å². The number of aliphatic hydroxyl groups excluding tert-OH is 1. The average molecular weight is 175 g/mol. The van der Waals surface area contributed by atoms with Crippen molar-refractivity contribution in [3.8, 4) is 6.07 Å². The van der Waals surface area contributed by atoms with Gasteiger partial charge in [-0.15, -0.1) is 0 Å². The fourth-order valence-electron chi connectivity index (χ4n) is 1.41. The molecule has 68 valence electrons. The molecule has 0 saturated heterocycles. The van der Waals surface area contributed by atoms with Gasteiger partial charge in [-0.2, -0.15) is 5.26 Å². The van der Waals surface area contributed by atoms with Gasteiger partial charge in [0.25, 0.3) is 0 Å². The Labute approximate surface area is 78.4 Å². The molecule has 1 N–H and O–H groups in total. The molecule has 0 radical (unpaired) electrons. The van der Waals surface area contributed by atoms with Crippen molar-refractivity contribution in [2.24, 2.45) is 0 Å². The van der Waals surface area contributed by atoms with Crippen molar-refractivity contribution >= 4 is 0 Å². The highest BCUT2D eigenvalue weighted by Gasteiger charge is 2.08. The zero-order valence-corrected chi connectivity index (χ0v) is 7.91. The van der Waals surface area contributed by atoms with Crippen LogP contribution in [-0.2, 0) is 6.61 Å². The molecule has 0 spiro atoms. The summed E-state index contributed by atoms with van der Waals surface area (Å²) in [5.41, 5.74) is 2.94. The molecule has 13 heavy (non-hydrogen) atoms. The summed E-state index contributed by atoms with van der Waals surface area (Å²) in [7, 11) is 0. The lowest BCUT2D eigenvalue weighted by Crippen LogP contribution is -1.97. The first-order valence-electron chi connectivity index (χ1n) is 4.29. The molecular weight excluding hydrogens is 162 g/mol. The lowest BCUT2D eigenvalue weighted by molar-refractivity contribution is 0.281. The van der Waals surface area contributed by atoms with Crippen molar-refractivity contribution < 1.29 is 5.11 Å². The minimum absolute atomic E-state index is 0.0395. The van der Waals surface area contributed by atoms with Gasteiger partial charge in [-0.25, -0.2) is 0 Å². The van der Waals surface area contributed by atoms with Crippen molar-refractivity contribution in [3.63, 3.8) is 0 Å². The van der Waals surface area contributed by atoms with Crippen LogP contribution >= 0.6 is 0 Å². The SMILES string of the molecule is Cc1c(CO)cccc1C(C)C#N. The smallest absolute Gasteiger partial charge is 0.0701 e. The normalized spacial score (nSPS) is 12.2. The minimum atomic E-state index is -0.105. The molecule has 0 heterocycles. The molecule has 0 amide bonds. The number of nitrogens with zero attached hydrogens (tertiary/aromatic N) is 1. The van der Waals surface area contributed by atoms with Crippen LogP contribution < -0.4 is 0 Å². The van der Waals surface area contributed by atoms with Crippen LogP contribution in [0.2, 0.25) is 0 Å². The second-order valence-electron chi connectivity index (χ2n) is 3.14. The van der Waals surface area contributed by atoms with E-state index in [0.717, 1.165) is 16.7 Å². The molecule has 0 aliphatic heterocycles. The second kappa shape index (κ2) is 4.06. The fourth-order valence-corrected chi connectivity index (χ4v) is 1.41. The molecule has 1 aromatic carbocycles. The van der Waals surface area contributed by atoms with Crippen LogP contribution in [-0.4, -0.2) is 5.11 Å². The molecule has 2 nitrogen and oxygen atoms in total. The third kappa shape index (κ3) is 1.88. The van der Waals surface area contributed by atoms with E-state index in [9.17, 15) is 0 Å². The summed E-state index contributed by atoms with van der Waals surface area (Å²) in [5.74, 6) is -0.105. The van der Waals surface area contributed by atoms with Gasteiger partial charge in [0.05, 0.1) is 18.6 Å². The predicted molar refractivity (Wildman–Crippen MR) is 51.1 cm³/mol. The Morgan fingerprint density at radius 2 is 2.23 bits per heavy atom. The summed E-state index contributed by atoms with van der Waals surface area (Å²) in [5, 5.41) is 17.8. The van der Waals surface area contributed by atoms with Crippen molar-refractivity contribution in [1.82, 2.24) is 0 Å². The number of hydrogen-bond acceptors (Lipinski definition) is 2. The zero-order chi connectivity index (χ0) is 9.84. The topological polar surface area (TPSA) is 44.0 Å². The van der Waals surface area contributed by atoms with Crippen LogP contribution in [0.5, 0.6) is 0 Å². The van der Waals surface area contributed by atoms with Crippen molar-refractivity contribution in [2.75, 3.05) is 0 Å². The van der Waals surface area contributed by atoms with Gasteiger partial charge in [0.2, 0.25) is 0 Å².